The molecule has 1 aromatic rings. The Morgan fingerprint density at radius 1 is 1.43 bits per heavy atom. The van der Waals surface area contributed by atoms with Crippen molar-refractivity contribution in [2.24, 2.45) is 0 Å². The van der Waals surface area contributed by atoms with Crippen molar-refractivity contribution in [3.8, 4) is 0 Å². The highest BCUT2D eigenvalue weighted by atomic mass is 35.5. The van der Waals surface area contributed by atoms with Crippen LogP contribution in [0.1, 0.15) is 12.0 Å². The van der Waals surface area contributed by atoms with Gasteiger partial charge in [0.25, 0.3) is 0 Å². The van der Waals surface area contributed by atoms with Crippen molar-refractivity contribution in [2.45, 2.75) is 12.8 Å². The molecule has 0 unspecified atom stereocenters. The number of alkyl halides is 1. The number of Topliss-reactive ketones (excluding diaryl/α,β-unsaturated/α-hetero) is 1. The summed E-state index contributed by atoms with van der Waals surface area (Å²) >= 11 is 10.9. The number of carbonyl (C=O) groups excluding carboxylic acids is 1. The van der Waals surface area contributed by atoms with Crippen molar-refractivity contribution in [3.63, 3.8) is 0 Å². The van der Waals surface area contributed by atoms with Crippen molar-refractivity contribution in [2.75, 3.05) is 5.88 Å². The molecule has 0 spiro atoms. The van der Waals surface area contributed by atoms with E-state index in [4.69, 9.17) is 23.2 Å². The lowest BCUT2D eigenvalue weighted by atomic mass is 10.1. The van der Waals surface area contributed by atoms with Gasteiger partial charge in [0.05, 0.1) is 5.02 Å². The van der Waals surface area contributed by atoms with E-state index in [0.29, 0.717) is 17.9 Å². The van der Waals surface area contributed by atoms with Crippen LogP contribution in [0.4, 0.5) is 4.39 Å². The van der Waals surface area contributed by atoms with Gasteiger partial charge in [-0.3, -0.25) is 4.79 Å². The van der Waals surface area contributed by atoms with Gasteiger partial charge < -0.3 is 0 Å². The highest BCUT2D eigenvalue weighted by molar-refractivity contribution is 6.30. The summed E-state index contributed by atoms with van der Waals surface area (Å²) in [6.07, 6.45) is 0.520. The Hall–Kier alpha value is -0.600. The Kier molecular flexibility index (Phi) is 4.36. The van der Waals surface area contributed by atoms with Crippen LogP contribution in [0.5, 0.6) is 0 Å². The molecular formula is C10H9Cl2FO. The van der Waals surface area contributed by atoms with E-state index in [9.17, 15) is 9.18 Å². The second kappa shape index (κ2) is 5.32. The van der Waals surface area contributed by atoms with Gasteiger partial charge >= 0.3 is 0 Å². The Labute approximate surface area is 91.8 Å². The monoisotopic (exact) mass is 234 g/mol. The van der Waals surface area contributed by atoms with Crippen molar-refractivity contribution in [1.82, 2.24) is 0 Å². The first-order chi connectivity index (χ1) is 6.63. The van der Waals surface area contributed by atoms with Gasteiger partial charge in [0, 0.05) is 18.7 Å². The fraction of sp³-hybridized carbons (Fsp3) is 0.300. The molecule has 14 heavy (non-hydrogen) atoms. The second-order valence-electron chi connectivity index (χ2n) is 2.90. The number of rotatable bonds is 4. The van der Waals surface area contributed by atoms with Gasteiger partial charge in [0.2, 0.25) is 0 Å². The standard InChI is InChI=1S/C10H9Cl2FO/c11-4-3-8(14)5-7-1-2-9(12)10(13)6-7/h1-2,6H,3-5H2. The maximum Gasteiger partial charge on any atom is 0.142 e. The number of ketones is 1. The van der Waals surface area contributed by atoms with Gasteiger partial charge in [-0.15, -0.1) is 11.6 Å². The van der Waals surface area contributed by atoms with E-state index in [1.807, 2.05) is 0 Å². The molecule has 0 fully saturated rings. The molecule has 0 saturated heterocycles. The lowest BCUT2D eigenvalue weighted by molar-refractivity contribution is -0.118. The minimum absolute atomic E-state index is 0.00159. The molecule has 0 amide bonds. The van der Waals surface area contributed by atoms with Gasteiger partial charge in [-0.05, 0) is 17.7 Å². The first-order valence-electron chi connectivity index (χ1n) is 4.15. The third kappa shape index (κ3) is 3.28. The lowest BCUT2D eigenvalue weighted by Gasteiger charge is -2.00. The Bertz CT molecular complexity index is 339. The van der Waals surface area contributed by atoms with E-state index in [0.717, 1.165) is 0 Å². The number of halogens is 3. The quantitative estimate of drug-likeness (QED) is 0.732. The van der Waals surface area contributed by atoms with Crippen molar-refractivity contribution >= 4 is 29.0 Å². The molecule has 0 heterocycles. The van der Waals surface area contributed by atoms with Crippen molar-refractivity contribution < 1.29 is 9.18 Å². The van der Waals surface area contributed by atoms with Crippen LogP contribution < -0.4 is 0 Å². The Morgan fingerprint density at radius 2 is 2.14 bits per heavy atom. The van der Waals surface area contributed by atoms with Crippen LogP contribution in [0.3, 0.4) is 0 Å². The largest absolute Gasteiger partial charge is 0.299 e. The number of hydrogen-bond donors (Lipinski definition) is 0. The van der Waals surface area contributed by atoms with Crippen LogP contribution in [0.2, 0.25) is 5.02 Å². The summed E-state index contributed by atoms with van der Waals surface area (Å²) in [4.78, 5) is 11.2. The number of hydrogen-bond acceptors (Lipinski definition) is 1. The summed E-state index contributed by atoms with van der Waals surface area (Å²) in [5.41, 5.74) is 0.627. The average molecular weight is 235 g/mol. The summed E-state index contributed by atoms with van der Waals surface area (Å²) in [7, 11) is 0. The smallest absolute Gasteiger partial charge is 0.142 e. The summed E-state index contributed by atoms with van der Waals surface area (Å²) in [5, 5.41) is 0.0681. The molecule has 1 aromatic carbocycles. The summed E-state index contributed by atoms with van der Waals surface area (Å²) in [6.45, 7) is 0. The molecule has 1 rings (SSSR count). The zero-order chi connectivity index (χ0) is 10.6. The molecule has 0 aliphatic rings. The summed E-state index contributed by atoms with van der Waals surface area (Å²) in [6, 6.07) is 4.35. The highest BCUT2D eigenvalue weighted by Crippen LogP contribution is 2.16. The van der Waals surface area contributed by atoms with Gasteiger partial charge in [-0.2, -0.15) is 0 Å². The zero-order valence-corrected chi connectivity index (χ0v) is 8.91. The van der Waals surface area contributed by atoms with E-state index < -0.39 is 5.82 Å². The maximum absolute atomic E-state index is 12.9. The Morgan fingerprint density at radius 3 is 2.71 bits per heavy atom. The van der Waals surface area contributed by atoms with E-state index >= 15 is 0 Å². The van der Waals surface area contributed by atoms with Crippen molar-refractivity contribution in [1.29, 1.82) is 0 Å². The fourth-order valence-electron chi connectivity index (χ4n) is 1.07. The second-order valence-corrected chi connectivity index (χ2v) is 3.69. The molecule has 0 saturated carbocycles. The first kappa shape index (κ1) is 11.5. The topological polar surface area (TPSA) is 17.1 Å². The molecular weight excluding hydrogens is 226 g/mol. The van der Waals surface area contributed by atoms with Gasteiger partial charge in [0.15, 0.2) is 0 Å². The van der Waals surface area contributed by atoms with Crippen LogP contribution in [-0.4, -0.2) is 11.7 Å². The average Bonchev–Trinajstić information content (AvgIpc) is 2.12. The van der Waals surface area contributed by atoms with Crippen LogP contribution in [0, 0.1) is 5.82 Å². The zero-order valence-electron chi connectivity index (χ0n) is 7.40. The normalized spacial score (nSPS) is 10.2. The minimum Gasteiger partial charge on any atom is -0.299 e. The lowest BCUT2D eigenvalue weighted by Crippen LogP contribution is -2.03. The van der Waals surface area contributed by atoms with Crippen LogP contribution >= 0.6 is 23.2 Å². The van der Waals surface area contributed by atoms with Crippen molar-refractivity contribution in [3.05, 3.63) is 34.6 Å². The van der Waals surface area contributed by atoms with Gasteiger partial charge in [-0.1, -0.05) is 17.7 Å². The third-order valence-electron chi connectivity index (χ3n) is 1.76. The Balaban J connectivity index is 2.68. The molecule has 4 heteroatoms. The van der Waals surface area contributed by atoms with Crippen LogP contribution in [0.25, 0.3) is 0 Å². The van der Waals surface area contributed by atoms with Gasteiger partial charge in [0.1, 0.15) is 11.6 Å². The fourth-order valence-corrected chi connectivity index (χ4v) is 1.40. The van der Waals surface area contributed by atoms with E-state index in [1.165, 1.54) is 12.1 Å². The van der Waals surface area contributed by atoms with E-state index in [1.54, 1.807) is 6.07 Å². The first-order valence-corrected chi connectivity index (χ1v) is 5.06. The SMILES string of the molecule is O=C(CCCl)Cc1ccc(Cl)c(F)c1. The van der Waals surface area contributed by atoms with E-state index in [2.05, 4.69) is 0 Å². The molecule has 0 aliphatic carbocycles. The summed E-state index contributed by atoms with van der Waals surface area (Å²) in [5.74, 6) is -0.195. The number of benzene rings is 1. The van der Waals surface area contributed by atoms with Crippen LogP contribution in [0.15, 0.2) is 18.2 Å². The molecule has 0 bridgehead atoms. The molecule has 0 aromatic heterocycles. The predicted molar refractivity (Wildman–Crippen MR) is 55.5 cm³/mol. The van der Waals surface area contributed by atoms with Crippen LogP contribution in [-0.2, 0) is 11.2 Å². The summed E-state index contributed by atoms with van der Waals surface area (Å²) < 4.78 is 12.9. The predicted octanol–water partition coefficient (Wildman–Crippen LogP) is 3.22. The van der Waals surface area contributed by atoms with Gasteiger partial charge in [-0.25, -0.2) is 4.39 Å². The molecule has 76 valence electrons. The number of carbonyl (C=O) groups is 1. The molecule has 0 radical (unpaired) electrons. The molecule has 1 nitrogen and oxygen atoms in total. The third-order valence-corrected chi connectivity index (χ3v) is 2.25. The highest BCUT2D eigenvalue weighted by Gasteiger charge is 2.05. The maximum atomic E-state index is 12.9. The minimum atomic E-state index is -0.497. The molecule has 0 atom stereocenters. The molecule has 0 aliphatic heterocycles. The van der Waals surface area contributed by atoms with E-state index in [-0.39, 0.29) is 17.2 Å². The molecule has 0 N–H and O–H groups in total.